The number of quaternary nitrogens is 1. The molecule has 0 radical (unpaired) electrons. The van der Waals surface area contributed by atoms with Gasteiger partial charge in [-0.2, -0.15) is 0 Å². The second-order valence-electron chi connectivity index (χ2n) is 25.2. The van der Waals surface area contributed by atoms with Gasteiger partial charge in [-0.1, -0.05) is 303 Å². The van der Waals surface area contributed by atoms with Gasteiger partial charge in [0.15, 0.2) is 6.10 Å². The Morgan fingerprint density at radius 3 is 0.977 bits per heavy atom. The number of carbonyl (C=O) groups is 3. The van der Waals surface area contributed by atoms with E-state index in [2.05, 4.69) is 123 Å². The fraction of sp³-hybridized carbons (Fsp3) is 0.731. The highest BCUT2D eigenvalue weighted by Crippen LogP contribution is 2.17. The van der Waals surface area contributed by atoms with Crippen LogP contribution in [0.1, 0.15) is 309 Å². The Labute approximate surface area is 536 Å². The van der Waals surface area contributed by atoms with Crippen molar-refractivity contribution >= 4 is 17.9 Å². The fourth-order valence-electron chi connectivity index (χ4n) is 10.0. The number of allylic oxidation sites excluding steroid dienone is 18. The Hall–Kier alpha value is -4.05. The van der Waals surface area contributed by atoms with Crippen molar-refractivity contribution < 1.29 is 42.9 Å². The van der Waals surface area contributed by atoms with Crippen LogP contribution < -0.4 is 0 Å². The van der Waals surface area contributed by atoms with Crippen LogP contribution in [0.3, 0.4) is 0 Å². The van der Waals surface area contributed by atoms with Crippen LogP contribution in [0.2, 0.25) is 0 Å². The number of rotatable bonds is 66. The molecule has 0 aliphatic rings. The number of hydrogen-bond donors (Lipinski definition) is 1. The van der Waals surface area contributed by atoms with E-state index in [0.29, 0.717) is 17.4 Å². The zero-order valence-electron chi connectivity index (χ0n) is 57.2. The standard InChI is InChI=1S/C78H135NO8/c1-6-8-10-12-14-16-18-20-22-24-26-28-30-31-32-33-34-35-36-37-38-39-40-41-42-43-44-45-47-49-51-53-55-57-59-61-63-65-67-69-76(81)87-74(73-86-78(77(82)83)84-71-70-79(3,4)5)72-85-75(80)68-66-64-62-60-58-56-54-52-50-48-46-29-27-25-23-21-19-17-15-13-11-9-7-2/h8,10,14,16,19-22,25-28,31-32,34-35,37-38,74,78H,6-7,9,11-13,15,17-18,23-24,29-30,33,36,39-73H2,1-5H3/p+1/b10-8-,16-14-,21-19-,22-20-,27-25-,28-26-,32-31-,35-34-,38-37-. The molecular weight excluding hydrogens is 1080 g/mol. The summed E-state index contributed by atoms with van der Waals surface area (Å²) in [6.07, 6.45) is 92.0. The Balaban J connectivity index is 4.07. The average molecular weight is 1220 g/mol. The van der Waals surface area contributed by atoms with Gasteiger partial charge in [0.1, 0.15) is 13.2 Å². The molecule has 0 bridgehead atoms. The van der Waals surface area contributed by atoms with E-state index >= 15 is 0 Å². The monoisotopic (exact) mass is 1220 g/mol. The van der Waals surface area contributed by atoms with E-state index in [1.807, 2.05) is 21.1 Å². The first-order valence-electron chi connectivity index (χ1n) is 36.1. The van der Waals surface area contributed by atoms with Gasteiger partial charge in [-0.3, -0.25) is 9.59 Å². The van der Waals surface area contributed by atoms with Gasteiger partial charge in [-0.15, -0.1) is 0 Å². The first kappa shape index (κ1) is 83.0. The van der Waals surface area contributed by atoms with Crippen molar-refractivity contribution in [3.05, 3.63) is 109 Å². The van der Waals surface area contributed by atoms with Crippen molar-refractivity contribution in [2.75, 3.05) is 47.5 Å². The van der Waals surface area contributed by atoms with Crippen molar-refractivity contribution in [3.63, 3.8) is 0 Å². The topological polar surface area (TPSA) is 108 Å². The number of likely N-dealkylation sites (N-methyl/N-ethyl adjacent to an activating group) is 1. The SMILES string of the molecule is CC/C=C\C/C=C\C/C=C\C/C=C\C/C=C\C/C=C\C/C=C\CCCCCCCCCCCCCCCCCCCC(=O)OC(COC(=O)CCCCCCCCCCCCC/C=C\C/C=C\CCCCCCC)COC(OCC[N+](C)(C)C)C(=O)O. The molecule has 0 saturated carbocycles. The minimum atomic E-state index is -1.51. The molecule has 9 heteroatoms. The van der Waals surface area contributed by atoms with Crippen LogP contribution in [0.4, 0.5) is 0 Å². The number of unbranched alkanes of at least 4 members (excludes halogenated alkanes) is 33. The molecule has 0 rings (SSSR count). The largest absolute Gasteiger partial charge is 0.477 e. The molecule has 1 N–H and O–H groups in total. The van der Waals surface area contributed by atoms with Gasteiger partial charge in [0.2, 0.25) is 0 Å². The third-order valence-electron chi connectivity index (χ3n) is 15.5. The van der Waals surface area contributed by atoms with Crippen LogP contribution in [0, 0.1) is 0 Å². The maximum Gasteiger partial charge on any atom is 0.361 e. The summed E-state index contributed by atoms with van der Waals surface area (Å²) in [7, 11) is 5.98. The minimum Gasteiger partial charge on any atom is -0.477 e. The maximum absolute atomic E-state index is 13.0. The third-order valence-corrected chi connectivity index (χ3v) is 15.5. The molecule has 0 fully saturated rings. The molecule has 0 heterocycles. The Morgan fingerprint density at radius 1 is 0.356 bits per heavy atom. The number of carboxylic acids is 1. The van der Waals surface area contributed by atoms with Gasteiger partial charge < -0.3 is 28.5 Å². The fourth-order valence-corrected chi connectivity index (χ4v) is 10.0. The molecule has 0 saturated heterocycles. The molecule has 0 aromatic heterocycles. The van der Waals surface area contributed by atoms with Crippen molar-refractivity contribution in [2.24, 2.45) is 0 Å². The maximum atomic E-state index is 13.0. The number of carbonyl (C=O) groups excluding carboxylic acids is 2. The molecule has 2 unspecified atom stereocenters. The summed E-state index contributed by atoms with van der Waals surface area (Å²) in [5, 5.41) is 9.75. The number of aliphatic carboxylic acids is 1. The van der Waals surface area contributed by atoms with E-state index in [9.17, 15) is 19.5 Å². The quantitative estimate of drug-likeness (QED) is 0.0211. The summed E-state index contributed by atoms with van der Waals surface area (Å²) in [6, 6.07) is 0. The number of hydrogen-bond acceptors (Lipinski definition) is 7. The molecule has 500 valence electrons. The molecule has 87 heavy (non-hydrogen) atoms. The number of esters is 2. The summed E-state index contributed by atoms with van der Waals surface area (Å²) < 4.78 is 23.0. The summed E-state index contributed by atoms with van der Waals surface area (Å²) in [6.45, 7) is 4.78. The number of ether oxygens (including phenoxy) is 4. The second kappa shape index (κ2) is 67.9. The van der Waals surface area contributed by atoms with Crippen molar-refractivity contribution in [1.29, 1.82) is 0 Å². The normalized spacial score (nSPS) is 13.3. The van der Waals surface area contributed by atoms with Crippen LogP contribution >= 0.6 is 0 Å². The Morgan fingerprint density at radius 2 is 0.655 bits per heavy atom. The number of carboxylic acid groups (broad SMARTS) is 1. The molecular formula is C78H136NO8+. The van der Waals surface area contributed by atoms with Gasteiger partial charge in [-0.25, -0.2) is 4.79 Å². The van der Waals surface area contributed by atoms with Gasteiger partial charge in [-0.05, 0) is 103 Å². The smallest absolute Gasteiger partial charge is 0.361 e. The van der Waals surface area contributed by atoms with Crippen molar-refractivity contribution in [2.45, 2.75) is 322 Å². The summed E-state index contributed by atoms with van der Waals surface area (Å²) >= 11 is 0. The predicted molar refractivity (Wildman–Crippen MR) is 373 cm³/mol. The van der Waals surface area contributed by atoms with E-state index in [0.717, 1.165) is 89.9 Å². The lowest BCUT2D eigenvalue weighted by Gasteiger charge is -2.25. The molecule has 0 aromatic rings. The van der Waals surface area contributed by atoms with Crippen LogP contribution in [-0.4, -0.2) is 87.4 Å². The lowest BCUT2D eigenvalue weighted by atomic mass is 10.0. The second-order valence-corrected chi connectivity index (χ2v) is 25.2. The first-order chi connectivity index (χ1) is 42.6. The van der Waals surface area contributed by atoms with E-state index < -0.39 is 24.3 Å². The van der Waals surface area contributed by atoms with E-state index in [1.165, 1.54) is 193 Å². The predicted octanol–water partition coefficient (Wildman–Crippen LogP) is 22.6. The van der Waals surface area contributed by atoms with Crippen LogP contribution in [0.25, 0.3) is 0 Å². The molecule has 9 nitrogen and oxygen atoms in total. The van der Waals surface area contributed by atoms with Crippen molar-refractivity contribution in [3.8, 4) is 0 Å². The number of nitrogens with zero attached hydrogens (tertiary/aromatic N) is 1. The highest BCUT2D eigenvalue weighted by Gasteiger charge is 2.25. The molecule has 0 spiro atoms. The van der Waals surface area contributed by atoms with Gasteiger partial charge in [0.25, 0.3) is 6.29 Å². The van der Waals surface area contributed by atoms with Crippen LogP contribution in [0.15, 0.2) is 109 Å². The van der Waals surface area contributed by atoms with E-state index in [1.54, 1.807) is 0 Å². The highest BCUT2D eigenvalue weighted by molar-refractivity contribution is 5.71. The van der Waals surface area contributed by atoms with Gasteiger partial charge in [0, 0.05) is 12.8 Å². The molecule has 0 aromatic carbocycles. The molecule has 0 aliphatic heterocycles. The Kier molecular flexibility index (Phi) is 64.7. The van der Waals surface area contributed by atoms with Crippen LogP contribution in [-0.2, 0) is 33.3 Å². The zero-order valence-corrected chi connectivity index (χ0v) is 57.2. The average Bonchev–Trinajstić information content (AvgIpc) is 3.55. The summed E-state index contributed by atoms with van der Waals surface area (Å²) in [4.78, 5) is 37.6. The summed E-state index contributed by atoms with van der Waals surface area (Å²) in [5.74, 6) is -2.00. The highest BCUT2D eigenvalue weighted by atomic mass is 16.7. The minimum absolute atomic E-state index is 0.184. The molecule has 0 amide bonds. The van der Waals surface area contributed by atoms with Gasteiger partial charge >= 0.3 is 17.9 Å². The zero-order chi connectivity index (χ0) is 63.3. The lowest BCUT2D eigenvalue weighted by Crippen LogP contribution is -2.40. The molecule has 2 atom stereocenters. The third kappa shape index (κ3) is 69.3. The van der Waals surface area contributed by atoms with Gasteiger partial charge in [0.05, 0.1) is 34.4 Å². The Bertz CT molecular complexity index is 1800. The van der Waals surface area contributed by atoms with E-state index in [4.69, 9.17) is 18.9 Å². The van der Waals surface area contributed by atoms with Crippen LogP contribution in [0.5, 0.6) is 0 Å². The summed E-state index contributed by atoms with van der Waals surface area (Å²) in [5.41, 5.74) is 0. The first-order valence-corrected chi connectivity index (χ1v) is 36.1. The molecule has 0 aliphatic carbocycles. The van der Waals surface area contributed by atoms with Crippen molar-refractivity contribution in [1.82, 2.24) is 0 Å². The lowest BCUT2D eigenvalue weighted by molar-refractivity contribution is -0.870. The van der Waals surface area contributed by atoms with E-state index in [-0.39, 0.29) is 32.2 Å².